The number of H-pyrrole nitrogens is 1. The number of nitrogens with one attached hydrogen (secondary N) is 2. The second-order valence-corrected chi connectivity index (χ2v) is 5.01. The molecule has 2 N–H and O–H groups in total. The standard InChI is InChI=1S/C15H17N3O5/c19-12(16-8-7-13(20)21)6-3-9-18-14(22)10-4-1-2-5-11(10)17-15(18)23/h1-2,4-5H,3,6-9H2,(H,16,19)(H,17,23)(H,20,21)/p-1. The lowest BCUT2D eigenvalue weighted by Crippen LogP contribution is -2.35. The highest BCUT2D eigenvalue weighted by Gasteiger charge is 2.08. The van der Waals surface area contributed by atoms with Gasteiger partial charge in [-0.05, 0) is 18.6 Å². The van der Waals surface area contributed by atoms with Crippen LogP contribution < -0.4 is 21.7 Å². The first kappa shape index (κ1) is 16.5. The predicted octanol–water partition coefficient (Wildman–Crippen LogP) is -1.27. The van der Waals surface area contributed by atoms with Crippen LogP contribution in [0.4, 0.5) is 0 Å². The van der Waals surface area contributed by atoms with Crippen molar-refractivity contribution in [1.82, 2.24) is 14.9 Å². The monoisotopic (exact) mass is 318 g/mol. The van der Waals surface area contributed by atoms with Gasteiger partial charge in [-0.2, -0.15) is 0 Å². The summed E-state index contributed by atoms with van der Waals surface area (Å²) in [5.41, 5.74) is -0.452. The van der Waals surface area contributed by atoms with Crippen LogP contribution in [-0.2, 0) is 16.1 Å². The Morgan fingerprint density at radius 3 is 2.65 bits per heavy atom. The van der Waals surface area contributed by atoms with E-state index < -0.39 is 17.2 Å². The fourth-order valence-electron chi connectivity index (χ4n) is 2.19. The maximum absolute atomic E-state index is 12.2. The van der Waals surface area contributed by atoms with Crippen LogP contribution in [0.2, 0.25) is 0 Å². The number of carbonyl (C=O) groups excluding carboxylic acids is 2. The molecule has 1 heterocycles. The van der Waals surface area contributed by atoms with E-state index in [0.717, 1.165) is 4.57 Å². The van der Waals surface area contributed by atoms with Crippen LogP contribution in [0.5, 0.6) is 0 Å². The second-order valence-electron chi connectivity index (χ2n) is 5.01. The molecule has 2 aromatic rings. The summed E-state index contributed by atoms with van der Waals surface area (Å²) >= 11 is 0. The first-order valence-corrected chi connectivity index (χ1v) is 7.17. The number of para-hydroxylation sites is 1. The first-order valence-electron chi connectivity index (χ1n) is 7.17. The number of carboxylic acids is 1. The fourth-order valence-corrected chi connectivity index (χ4v) is 2.19. The minimum Gasteiger partial charge on any atom is -0.550 e. The van der Waals surface area contributed by atoms with Crippen molar-refractivity contribution in [2.45, 2.75) is 25.8 Å². The smallest absolute Gasteiger partial charge is 0.328 e. The molecule has 1 aromatic heterocycles. The number of benzene rings is 1. The average molecular weight is 318 g/mol. The number of amides is 1. The van der Waals surface area contributed by atoms with Crippen LogP contribution in [0.25, 0.3) is 10.9 Å². The molecule has 0 atom stereocenters. The number of hydrogen-bond acceptors (Lipinski definition) is 5. The molecule has 0 spiro atoms. The minimum absolute atomic E-state index is 0.00231. The molecule has 1 amide bonds. The van der Waals surface area contributed by atoms with Crippen molar-refractivity contribution in [2.24, 2.45) is 0 Å². The van der Waals surface area contributed by atoms with Crippen LogP contribution >= 0.6 is 0 Å². The van der Waals surface area contributed by atoms with Crippen LogP contribution in [0.1, 0.15) is 19.3 Å². The molecule has 2 rings (SSSR count). The Labute approximate surface area is 130 Å². The number of aromatic nitrogens is 2. The molecular weight excluding hydrogens is 302 g/mol. The molecule has 0 radical (unpaired) electrons. The summed E-state index contributed by atoms with van der Waals surface area (Å²) in [7, 11) is 0. The molecular formula is C15H16N3O5-. The molecule has 1 aromatic carbocycles. The van der Waals surface area contributed by atoms with E-state index in [0.29, 0.717) is 17.3 Å². The Morgan fingerprint density at radius 2 is 1.91 bits per heavy atom. The lowest BCUT2D eigenvalue weighted by Gasteiger charge is -2.07. The highest BCUT2D eigenvalue weighted by atomic mass is 16.4. The minimum atomic E-state index is -1.24. The summed E-state index contributed by atoms with van der Waals surface area (Å²) in [4.78, 5) is 48.5. The Kier molecular flexibility index (Phi) is 5.29. The molecule has 0 fully saturated rings. The highest BCUT2D eigenvalue weighted by Crippen LogP contribution is 2.03. The zero-order chi connectivity index (χ0) is 16.8. The number of aromatic amines is 1. The fraction of sp³-hybridized carbons (Fsp3) is 0.333. The quantitative estimate of drug-likeness (QED) is 0.658. The molecule has 8 nitrogen and oxygen atoms in total. The van der Waals surface area contributed by atoms with Crippen molar-refractivity contribution in [3.63, 3.8) is 0 Å². The zero-order valence-corrected chi connectivity index (χ0v) is 12.3. The zero-order valence-electron chi connectivity index (χ0n) is 12.3. The SMILES string of the molecule is O=C([O-])CCNC(=O)CCCn1c(=O)[nH]c2ccccc2c1=O. The predicted molar refractivity (Wildman–Crippen MR) is 80.7 cm³/mol. The summed E-state index contributed by atoms with van der Waals surface area (Å²) in [6.07, 6.45) is 0.125. The molecule has 0 aliphatic carbocycles. The van der Waals surface area contributed by atoms with Gasteiger partial charge in [-0.1, -0.05) is 12.1 Å². The van der Waals surface area contributed by atoms with E-state index >= 15 is 0 Å². The first-order chi connectivity index (χ1) is 11.0. The molecule has 8 heteroatoms. The summed E-state index contributed by atoms with van der Waals surface area (Å²) in [5.74, 6) is -1.57. The van der Waals surface area contributed by atoms with Crippen molar-refractivity contribution >= 4 is 22.8 Å². The van der Waals surface area contributed by atoms with E-state index in [2.05, 4.69) is 10.3 Å². The second kappa shape index (κ2) is 7.39. The number of carbonyl (C=O) groups is 2. The third-order valence-corrected chi connectivity index (χ3v) is 3.33. The number of rotatable bonds is 7. The van der Waals surface area contributed by atoms with Gasteiger partial charge in [0.25, 0.3) is 5.56 Å². The number of fused-ring (bicyclic) bond motifs is 1. The normalized spacial score (nSPS) is 10.6. The Balaban J connectivity index is 1.97. The number of nitrogens with zero attached hydrogens (tertiary/aromatic N) is 1. The van der Waals surface area contributed by atoms with Crippen LogP contribution in [0.3, 0.4) is 0 Å². The van der Waals surface area contributed by atoms with Crippen LogP contribution in [0, 0.1) is 0 Å². The number of aliphatic carboxylic acids is 1. The van der Waals surface area contributed by atoms with E-state index in [1.54, 1.807) is 24.3 Å². The lowest BCUT2D eigenvalue weighted by molar-refractivity contribution is -0.305. The molecule has 0 unspecified atom stereocenters. The molecule has 0 saturated carbocycles. The van der Waals surface area contributed by atoms with Gasteiger partial charge in [0.1, 0.15) is 0 Å². The molecule has 0 aliphatic heterocycles. The van der Waals surface area contributed by atoms with Gasteiger partial charge in [0.05, 0.1) is 10.9 Å². The van der Waals surface area contributed by atoms with Crippen molar-refractivity contribution in [2.75, 3.05) is 6.54 Å². The van der Waals surface area contributed by atoms with Crippen LogP contribution in [-0.4, -0.2) is 28.0 Å². The molecule has 0 saturated heterocycles. The maximum Gasteiger partial charge on any atom is 0.328 e. The highest BCUT2D eigenvalue weighted by molar-refractivity contribution is 5.77. The van der Waals surface area contributed by atoms with E-state index in [-0.39, 0.29) is 31.8 Å². The molecule has 23 heavy (non-hydrogen) atoms. The van der Waals surface area contributed by atoms with E-state index in [1.165, 1.54) is 0 Å². The van der Waals surface area contributed by atoms with Gasteiger partial charge in [0.2, 0.25) is 5.91 Å². The molecule has 0 bridgehead atoms. The Bertz CT molecular complexity index is 837. The van der Waals surface area contributed by atoms with Gasteiger partial charge in [0.15, 0.2) is 0 Å². The van der Waals surface area contributed by atoms with E-state index in [9.17, 15) is 24.3 Å². The molecule has 122 valence electrons. The Hall–Kier alpha value is -2.90. The third-order valence-electron chi connectivity index (χ3n) is 3.33. The average Bonchev–Trinajstić information content (AvgIpc) is 2.50. The van der Waals surface area contributed by atoms with Gasteiger partial charge in [0, 0.05) is 31.9 Å². The van der Waals surface area contributed by atoms with Crippen molar-refractivity contribution in [3.8, 4) is 0 Å². The summed E-state index contributed by atoms with van der Waals surface area (Å²) in [6, 6.07) is 6.69. The number of carboxylic acid groups (broad SMARTS) is 1. The summed E-state index contributed by atoms with van der Waals surface area (Å²) < 4.78 is 1.05. The van der Waals surface area contributed by atoms with Crippen molar-refractivity contribution in [1.29, 1.82) is 0 Å². The van der Waals surface area contributed by atoms with Crippen molar-refractivity contribution in [3.05, 3.63) is 45.1 Å². The third kappa shape index (κ3) is 4.29. The lowest BCUT2D eigenvalue weighted by atomic mass is 10.2. The summed E-state index contributed by atoms with van der Waals surface area (Å²) in [6.45, 7) is 0.102. The maximum atomic E-state index is 12.2. The van der Waals surface area contributed by atoms with E-state index in [1.807, 2.05) is 0 Å². The van der Waals surface area contributed by atoms with Crippen LogP contribution in [0.15, 0.2) is 33.9 Å². The van der Waals surface area contributed by atoms with Gasteiger partial charge >= 0.3 is 5.69 Å². The van der Waals surface area contributed by atoms with Gasteiger partial charge in [-0.15, -0.1) is 0 Å². The van der Waals surface area contributed by atoms with Crippen molar-refractivity contribution < 1.29 is 14.7 Å². The topological polar surface area (TPSA) is 124 Å². The number of hydrogen-bond donors (Lipinski definition) is 2. The largest absolute Gasteiger partial charge is 0.550 e. The van der Waals surface area contributed by atoms with E-state index in [4.69, 9.17) is 0 Å². The summed E-state index contributed by atoms with van der Waals surface area (Å²) in [5, 5.41) is 13.1. The Morgan fingerprint density at radius 1 is 1.17 bits per heavy atom. The van der Waals surface area contributed by atoms with Gasteiger partial charge in [-0.3, -0.25) is 14.2 Å². The molecule has 0 aliphatic rings. The van der Waals surface area contributed by atoms with Gasteiger partial charge < -0.3 is 20.2 Å². The van der Waals surface area contributed by atoms with Gasteiger partial charge in [-0.25, -0.2) is 4.79 Å².